The minimum atomic E-state index is -0.252. The quantitative estimate of drug-likeness (QED) is 0.738. The number of rotatable bonds is 7. The molecule has 2 rings (SSSR count). The molecule has 0 N–H and O–H groups in total. The van der Waals surface area contributed by atoms with Crippen molar-refractivity contribution in [3.63, 3.8) is 0 Å². The van der Waals surface area contributed by atoms with Crippen LogP contribution in [0, 0.1) is 5.92 Å². The highest BCUT2D eigenvalue weighted by molar-refractivity contribution is 5.95. The van der Waals surface area contributed by atoms with Gasteiger partial charge in [-0.05, 0) is 30.5 Å². The van der Waals surface area contributed by atoms with Crippen molar-refractivity contribution in [1.82, 2.24) is 4.90 Å². The molecule has 1 aromatic heterocycles. The fraction of sp³-hybridized carbons (Fsp3) is 0.333. The van der Waals surface area contributed by atoms with Crippen LogP contribution in [0.1, 0.15) is 29.0 Å². The van der Waals surface area contributed by atoms with Crippen LogP contribution in [0.4, 0.5) is 0 Å². The largest absolute Gasteiger partial charge is 0.461 e. The first-order valence-corrected chi connectivity index (χ1v) is 7.39. The van der Waals surface area contributed by atoms with Crippen LogP contribution in [0.2, 0.25) is 0 Å². The van der Waals surface area contributed by atoms with Crippen molar-refractivity contribution in [1.29, 1.82) is 0 Å². The summed E-state index contributed by atoms with van der Waals surface area (Å²) in [5, 5.41) is 0. The Morgan fingerprint density at radius 3 is 2.41 bits per heavy atom. The van der Waals surface area contributed by atoms with Gasteiger partial charge in [0, 0.05) is 26.4 Å². The molecule has 116 valence electrons. The second-order valence-corrected chi connectivity index (χ2v) is 5.56. The molecule has 0 fully saturated rings. The van der Waals surface area contributed by atoms with Gasteiger partial charge >= 0.3 is 0 Å². The zero-order chi connectivity index (χ0) is 15.9. The molecular formula is C18H21NO3. The van der Waals surface area contributed by atoms with Crippen LogP contribution in [0.3, 0.4) is 0 Å². The standard InChI is InChI=1S/C18H21NO3/c1-19(2)17(20)11-10-15(13-14-7-4-3-5-8-14)18(21)16-9-6-12-22-16/h3-9,12,15H,10-11,13H2,1-2H3/t15-/m0/s1. The van der Waals surface area contributed by atoms with Crippen LogP contribution >= 0.6 is 0 Å². The van der Waals surface area contributed by atoms with E-state index in [0.29, 0.717) is 25.0 Å². The fourth-order valence-corrected chi connectivity index (χ4v) is 2.37. The van der Waals surface area contributed by atoms with E-state index in [1.165, 1.54) is 6.26 Å². The summed E-state index contributed by atoms with van der Waals surface area (Å²) in [7, 11) is 3.45. The van der Waals surface area contributed by atoms with E-state index in [-0.39, 0.29) is 17.6 Å². The molecule has 0 saturated heterocycles. The molecular weight excluding hydrogens is 278 g/mol. The average molecular weight is 299 g/mol. The molecule has 1 amide bonds. The fourth-order valence-electron chi connectivity index (χ4n) is 2.37. The predicted octanol–water partition coefficient (Wildman–Crippen LogP) is 3.19. The van der Waals surface area contributed by atoms with E-state index in [2.05, 4.69) is 0 Å². The zero-order valence-corrected chi connectivity index (χ0v) is 13.0. The van der Waals surface area contributed by atoms with Gasteiger partial charge in [0.2, 0.25) is 11.7 Å². The van der Waals surface area contributed by atoms with Crippen molar-refractivity contribution in [2.45, 2.75) is 19.3 Å². The summed E-state index contributed by atoms with van der Waals surface area (Å²) in [6.07, 6.45) is 2.99. The highest BCUT2D eigenvalue weighted by atomic mass is 16.3. The van der Waals surface area contributed by atoms with Gasteiger partial charge in [-0.15, -0.1) is 0 Å². The third-order valence-electron chi connectivity index (χ3n) is 3.67. The maximum atomic E-state index is 12.6. The summed E-state index contributed by atoms with van der Waals surface area (Å²) in [5.74, 6) is 0.0985. The van der Waals surface area contributed by atoms with Crippen molar-refractivity contribution in [3.8, 4) is 0 Å². The number of carbonyl (C=O) groups excluding carboxylic acids is 2. The zero-order valence-electron chi connectivity index (χ0n) is 13.0. The SMILES string of the molecule is CN(C)C(=O)CC[C@@H](Cc1ccccc1)C(=O)c1ccco1. The summed E-state index contributed by atoms with van der Waals surface area (Å²) in [6.45, 7) is 0. The maximum Gasteiger partial charge on any atom is 0.222 e. The molecule has 0 bridgehead atoms. The van der Waals surface area contributed by atoms with Crippen LogP contribution in [0.5, 0.6) is 0 Å². The second kappa shape index (κ2) is 7.59. The molecule has 0 aliphatic carbocycles. The number of Topliss-reactive ketones (excluding diaryl/α,β-unsaturated/α-hetero) is 1. The lowest BCUT2D eigenvalue weighted by molar-refractivity contribution is -0.128. The number of hydrogen-bond donors (Lipinski definition) is 0. The molecule has 22 heavy (non-hydrogen) atoms. The van der Waals surface area contributed by atoms with Crippen LogP contribution in [0.25, 0.3) is 0 Å². The van der Waals surface area contributed by atoms with Crippen molar-refractivity contribution in [3.05, 3.63) is 60.1 Å². The van der Waals surface area contributed by atoms with Crippen molar-refractivity contribution < 1.29 is 14.0 Å². The third kappa shape index (κ3) is 4.32. The summed E-state index contributed by atoms with van der Waals surface area (Å²) in [5.41, 5.74) is 1.09. The molecule has 1 aromatic carbocycles. The van der Waals surface area contributed by atoms with Crippen LogP contribution in [-0.2, 0) is 11.2 Å². The summed E-state index contributed by atoms with van der Waals surface area (Å²) in [6, 6.07) is 13.2. The minimum absolute atomic E-state index is 0.0327. The Kier molecular flexibility index (Phi) is 5.53. The van der Waals surface area contributed by atoms with Crippen LogP contribution in [0.15, 0.2) is 53.1 Å². The molecule has 0 saturated carbocycles. The van der Waals surface area contributed by atoms with Gasteiger partial charge in [0.1, 0.15) is 0 Å². The number of furan rings is 1. The Labute approximate surface area is 130 Å². The number of hydrogen-bond acceptors (Lipinski definition) is 3. The van der Waals surface area contributed by atoms with Gasteiger partial charge in [-0.25, -0.2) is 0 Å². The van der Waals surface area contributed by atoms with Crippen LogP contribution < -0.4 is 0 Å². The monoisotopic (exact) mass is 299 g/mol. The number of carbonyl (C=O) groups is 2. The lowest BCUT2D eigenvalue weighted by atomic mass is 9.89. The number of benzene rings is 1. The predicted molar refractivity (Wildman–Crippen MR) is 84.6 cm³/mol. The smallest absolute Gasteiger partial charge is 0.222 e. The van der Waals surface area contributed by atoms with Gasteiger partial charge in [0.15, 0.2) is 5.76 Å². The van der Waals surface area contributed by atoms with E-state index < -0.39 is 0 Å². The van der Waals surface area contributed by atoms with Gasteiger partial charge in [-0.2, -0.15) is 0 Å². The normalized spacial score (nSPS) is 11.9. The summed E-state index contributed by atoms with van der Waals surface area (Å²) in [4.78, 5) is 25.9. The highest BCUT2D eigenvalue weighted by Crippen LogP contribution is 2.20. The van der Waals surface area contributed by atoms with E-state index in [1.807, 2.05) is 30.3 Å². The minimum Gasteiger partial charge on any atom is -0.461 e. The topological polar surface area (TPSA) is 50.5 Å². The Morgan fingerprint density at radius 1 is 1.09 bits per heavy atom. The molecule has 1 atom stereocenters. The lowest BCUT2D eigenvalue weighted by Gasteiger charge is -2.16. The van der Waals surface area contributed by atoms with Gasteiger partial charge in [-0.3, -0.25) is 9.59 Å². The van der Waals surface area contributed by atoms with Crippen molar-refractivity contribution >= 4 is 11.7 Å². The molecule has 2 aromatic rings. The highest BCUT2D eigenvalue weighted by Gasteiger charge is 2.23. The Morgan fingerprint density at radius 2 is 1.82 bits per heavy atom. The summed E-state index contributed by atoms with van der Waals surface area (Å²) >= 11 is 0. The first-order chi connectivity index (χ1) is 10.6. The molecule has 1 heterocycles. The molecule has 0 radical (unpaired) electrons. The van der Waals surface area contributed by atoms with E-state index in [1.54, 1.807) is 31.1 Å². The molecule has 0 aliphatic rings. The second-order valence-electron chi connectivity index (χ2n) is 5.56. The van der Waals surface area contributed by atoms with Gasteiger partial charge in [0.05, 0.1) is 6.26 Å². The van der Waals surface area contributed by atoms with Crippen molar-refractivity contribution in [2.75, 3.05) is 14.1 Å². The molecule has 0 unspecified atom stereocenters. The first-order valence-electron chi connectivity index (χ1n) is 7.39. The van der Waals surface area contributed by atoms with E-state index in [4.69, 9.17) is 4.42 Å². The Hall–Kier alpha value is -2.36. The molecule has 4 nitrogen and oxygen atoms in total. The molecule has 4 heteroatoms. The van der Waals surface area contributed by atoms with E-state index in [9.17, 15) is 9.59 Å². The van der Waals surface area contributed by atoms with E-state index >= 15 is 0 Å². The van der Waals surface area contributed by atoms with E-state index in [0.717, 1.165) is 5.56 Å². The average Bonchev–Trinajstić information content (AvgIpc) is 3.05. The van der Waals surface area contributed by atoms with Gasteiger partial charge in [0.25, 0.3) is 0 Å². The number of ketones is 1. The molecule has 0 spiro atoms. The van der Waals surface area contributed by atoms with Gasteiger partial charge < -0.3 is 9.32 Å². The first kappa shape index (κ1) is 16.0. The number of nitrogens with zero attached hydrogens (tertiary/aromatic N) is 1. The van der Waals surface area contributed by atoms with Gasteiger partial charge in [-0.1, -0.05) is 30.3 Å². The summed E-state index contributed by atoms with van der Waals surface area (Å²) < 4.78 is 5.22. The number of amides is 1. The van der Waals surface area contributed by atoms with Crippen LogP contribution in [-0.4, -0.2) is 30.7 Å². The van der Waals surface area contributed by atoms with Crippen molar-refractivity contribution in [2.24, 2.45) is 5.92 Å². The lowest BCUT2D eigenvalue weighted by Crippen LogP contribution is -2.24. The third-order valence-corrected chi connectivity index (χ3v) is 3.67. The maximum absolute atomic E-state index is 12.6. The Bertz CT molecular complexity index is 603. The molecule has 0 aliphatic heterocycles. The Balaban J connectivity index is 2.10.